The summed E-state index contributed by atoms with van der Waals surface area (Å²) in [6.07, 6.45) is 0.466. The van der Waals surface area contributed by atoms with Crippen molar-refractivity contribution in [2.75, 3.05) is 6.61 Å². The summed E-state index contributed by atoms with van der Waals surface area (Å²) < 4.78 is 0. The first kappa shape index (κ1) is 9.05. The van der Waals surface area contributed by atoms with Crippen LogP contribution in [-0.2, 0) is 0 Å². The van der Waals surface area contributed by atoms with Gasteiger partial charge < -0.3 is 5.11 Å². The molecule has 1 aromatic heterocycles. The third-order valence-corrected chi connectivity index (χ3v) is 1.38. The van der Waals surface area contributed by atoms with Crippen LogP contribution in [-0.4, -0.2) is 16.7 Å². The molecule has 0 amide bonds. The predicted octanol–water partition coefficient (Wildman–Crippen LogP) is 1.47. The number of aliphatic hydroxyl groups is 1. The lowest BCUT2D eigenvalue weighted by molar-refractivity contribution is 0.305. The highest BCUT2D eigenvalue weighted by Crippen LogP contribution is 2.03. The Morgan fingerprint density at radius 1 is 1.50 bits per heavy atom. The van der Waals surface area contributed by atoms with E-state index >= 15 is 0 Å². The van der Waals surface area contributed by atoms with Crippen molar-refractivity contribution in [3.05, 3.63) is 29.0 Å². The van der Waals surface area contributed by atoms with Crippen LogP contribution in [0.1, 0.15) is 12.1 Å². The molecule has 1 aromatic rings. The number of rotatable bonds is 1. The van der Waals surface area contributed by atoms with Gasteiger partial charge in [-0.05, 0) is 18.1 Å². The van der Waals surface area contributed by atoms with Crippen molar-refractivity contribution in [2.24, 2.45) is 0 Å². The van der Waals surface area contributed by atoms with E-state index in [0.29, 0.717) is 17.3 Å². The highest BCUT2D eigenvalue weighted by molar-refractivity contribution is 6.29. The molecule has 0 saturated heterocycles. The average molecular weight is 182 g/mol. The lowest BCUT2D eigenvalue weighted by Crippen LogP contribution is -1.82. The molecule has 3 heteroatoms. The molecule has 0 aliphatic heterocycles. The quantitative estimate of drug-likeness (QED) is 0.526. The molecular weight excluding hydrogens is 174 g/mol. The zero-order valence-electron chi connectivity index (χ0n) is 6.42. The van der Waals surface area contributed by atoms with Crippen LogP contribution in [0.15, 0.2) is 18.2 Å². The maximum atomic E-state index is 8.45. The standard InChI is InChI=1S/C9H8ClNO/c10-9-6-3-5-8(11-9)4-1-2-7-12/h3,5-6,12H,2,7H2. The number of aromatic nitrogens is 1. The van der Waals surface area contributed by atoms with E-state index in [2.05, 4.69) is 16.8 Å². The highest BCUT2D eigenvalue weighted by atomic mass is 35.5. The topological polar surface area (TPSA) is 33.1 Å². The lowest BCUT2D eigenvalue weighted by Gasteiger charge is -1.89. The largest absolute Gasteiger partial charge is 0.395 e. The average Bonchev–Trinajstić information content (AvgIpc) is 2.05. The fourth-order valence-electron chi connectivity index (χ4n) is 0.687. The molecule has 1 rings (SSSR count). The van der Waals surface area contributed by atoms with Crippen molar-refractivity contribution in [3.63, 3.8) is 0 Å². The van der Waals surface area contributed by atoms with Crippen molar-refractivity contribution >= 4 is 11.6 Å². The maximum absolute atomic E-state index is 8.45. The van der Waals surface area contributed by atoms with Gasteiger partial charge in [-0.15, -0.1) is 0 Å². The molecule has 0 aliphatic carbocycles. The van der Waals surface area contributed by atoms with Crippen LogP contribution in [0.4, 0.5) is 0 Å². The number of halogens is 1. The summed E-state index contributed by atoms with van der Waals surface area (Å²) in [5, 5.41) is 8.89. The number of pyridine rings is 1. The van der Waals surface area contributed by atoms with Crippen LogP contribution in [0.2, 0.25) is 5.15 Å². The van der Waals surface area contributed by atoms with Crippen LogP contribution in [0.25, 0.3) is 0 Å². The molecule has 62 valence electrons. The summed E-state index contributed by atoms with van der Waals surface area (Å²) in [5.41, 5.74) is 0.635. The van der Waals surface area contributed by atoms with E-state index < -0.39 is 0 Å². The second-order valence-electron chi connectivity index (χ2n) is 2.12. The molecule has 2 nitrogen and oxygen atoms in total. The van der Waals surface area contributed by atoms with Crippen LogP contribution < -0.4 is 0 Å². The first-order valence-corrected chi connectivity index (χ1v) is 3.93. The first-order chi connectivity index (χ1) is 5.83. The van der Waals surface area contributed by atoms with Gasteiger partial charge >= 0.3 is 0 Å². The Labute approximate surface area is 76.2 Å². The Bertz CT molecular complexity index is 314. The number of hydrogen-bond acceptors (Lipinski definition) is 2. The minimum atomic E-state index is 0.0770. The van der Waals surface area contributed by atoms with Crippen LogP contribution >= 0.6 is 11.6 Å². The number of aliphatic hydroxyl groups excluding tert-OH is 1. The molecule has 1 N–H and O–H groups in total. The van der Waals surface area contributed by atoms with E-state index in [1.807, 2.05) is 0 Å². The summed E-state index contributed by atoms with van der Waals surface area (Å²) in [7, 11) is 0. The van der Waals surface area contributed by atoms with E-state index in [4.69, 9.17) is 16.7 Å². The molecule has 0 atom stereocenters. The van der Waals surface area contributed by atoms with Crippen LogP contribution in [0.5, 0.6) is 0 Å². The van der Waals surface area contributed by atoms with Gasteiger partial charge in [-0.25, -0.2) is 4.98 Å². The highest BCUT2D eigenvalue weighted by Gasteiger charge is 1.88. The Morgan fingerprint density at radius 2 is 2.33 bits per heavy atom. The molecule has 0 aliphatic rings. The fraction of sp³-hybridized carbons (Fsp3) is 0.222. The normalized spacial score (nSPS) is 8.83. The van der Waals surface area contributed by atoms with Gasteiger partial charge in [0.1, 0.15) is 10.8 Å². The Hall–Kier alpha value is -1.04. The maximum Gasteiger partial charge on any atom is 0.130 e. The molecule has 12 heavy (non-hydrogen) atoms. The van der Waals surface area contributed by atoms with E-state index in [9.17, 15) is 0 Å². The third-order valence-electron chi connectivity index (χ3n) is 1.17. The second-order valence-corrected chi connectivity index (χ2v) is 2.51. The van der Waals surface area contributed by atoms with Gasteiger partial charge in [0.25, 0.3) is 0 Å². The van der Waals surface area contributed by atoms with Gasteiger partial charge in [0, 0.05) is 6.42 Å². The van der Waals surface area contributed by atoms with Crippen molar-refractivity contribution in [3.8, 4) is 11.8 Å². The van der Waals surface area contributed by atoms with Gasteiger partial charge in [-0.2, -0.15) is 0 Å². The van der Waals surface area contributed by atoms with Gasteiger partial charge in [0.05, 0.1) is 6.61 Å². The smallest absolute Gasteiger partial charge is 0.130 e. The van der Waals surface area contributed by atoms with Crippen LogP contribution in [0, 0.1) is 11.8 Å². The summed E-state index contributed by atoms with van der Waals surface area (Å²) in [4.78, 5) is 3.96. The number of hydrogen-bond donors (Lipinski definition) is 1. The fourth-order valence-corrected chi connectivity index (χ4v) is 0.851. The van der Waals surface area contributed by atoms with E-state index in [0.717, 1.165) is 0 Å². The van der Waals surface area contributed by atoms with Crippen LogP contribution in [0.3, 0.4) is 0 Å². The number of nitrogens with zero attached hydrogens (tertiary/aromatic N) is 1. The zero-order chi connectivity index (χ0) is 8.81. The van der Waals surface area contributed by atoms with Gasteiger partial charge in [0.2, 0.25) is 0 Å². The van der Waals surface area contributed by atoms with Gasteiger partial charge in [-0.1, -0.05) is 23.6 Å². The molecular formula is C9H8ClNO. The monoisotopic (exact) mass is 181 g/mol. The Kier molecular flexibility index (Phi) is 3.59. The SMILES string of the molecule is OCCC#Cc1cccc(Cl)n1. The summed E-state index contributed by atoms with van der Waals surface area (Å²) in [5.74, 6) is 5.54. The van der Waals surface area contributed by atoms with Crippen molar-refractivity contribution in [1.82, 2.24) is 4.98 Å². The molecule has 1 heterocycles. The molecule has 0 fully saturated rings. The molecule has 0 bridgehead atoms. The zero-order valence-corrected chi connectivity index (χ0v) is 7.17. The first-order valence-electron chi connectivity index (χ1n) is 3.55. The predicted molar refractivity (Wildman–Crippen MR) is 47.8 cm³/mol. The minimum Gasteiger partial charge on any atom is -0.395 e. The Balaban J connectivity index is 2.71. The van der Waals surface area contributed by atoms with E-state index in [1.165, 1.54) is 0 Å². The summed E-state index contributed by atoms with van der Waals surface area (Å²) in [6.45, 7) is 0.0770. The summed E-state index contributed by atoms with van der Waals surface area (Å²) in [6, 6.07) is 5.26. The molecule has 0 unspecified atom stereocenters. The second kappa shape index (κ2) is 4.76. The molecule has 0 radical (unpaired) electrons. The van der Waals surface area contributed by atoms with Crippen molar-refractivity contribution in [1.29, 1.82) is 0 Å². The lowest BCUT2D eigenvalue weighted by atomic mass is 10.3. The summed E-state index contributed by atoms with van der Waals surface area (Å²) >= 11 is 5.63. The Morgan fingerprint density at radius 3 is 3.00 bits per heavy atom. The van der Waals surface area contributed by atoms with Crippen molar-refractivity contribution < 1.29 is 5.11 Å². The van der Waals surface area contributed by atoms with E-state index in [1.54, 1.807) is 18.2 Å². The van der Waals surface area contributed by atoms with Crippen molar-refractivity contribution in [2.45, 2.75) is 6.42 Å². The molecule has 0 aromatic carbocycles. The van der Waals surface area contributed by atoms with Gasteiger partial charge in [-0.3, -0.25) is 0 Å². The minimum absolute atomic E-state index is 0.0770. The van der Waals surface area contributed by atoms with E-state index in [-0.39, 0.29) is 6.61 Å². The van der Waals surface area contributed by atoms with Gasteiger partial charge in [0.15, 0.2) is 0 Å². The molecule has 0 spiro atoms. The third kappa shape index (κ3) is 2.91. The molecule has 0 saturated carbocycles.